The number of allylic oxidation sites excluding steroid dienone is 1. The second-order valence-corrected chi connectivity index (χ2v) is 5.47. The molecular formula is C12H15BrIN. The predicted octanol–water partition coefficient (Wildman–Crippen LogP) is 4.28. The molecule has 0 spiro atoms. The Morgan fingerprint density at radius 3 is 2.93 bits per heavy atom. The number of hydrogen-bond donors (Lipinski definition) is 1. The van der Waals surface area contributed by atoms with Crippen LogP contribution in [0.3, 0.4) is 0 Å². The highest BCUT2D eigenvalue weighted by atomic mass is 127. The summed E-state index contributed by atoms with van der Waals surface area (Å²) in [4.78, 5) is 0. The molecule has 1 aromatic carbocycles. The van der Waals surface area contributed by atoms with E-state index in [-0.39, 0.29) is 0 Å². The van der Waals surface area contributed by atoms with Gasteiger partial charge in [0.15, 0.2) is 0 Å². The maximum atomic E-state index is 3.76. The van der Waals surface area contributed by atoms with E-state index < -0.39 is 0 Å². The summed E-state index contributed by atoms with van der Waals surface area (Å²) in [7, 11) is 2.00. The molecule has 15 heavy (non-hydrogen) atoms. The van der Waals surface area contributed by atoms with Gasteiger partial charge in [-0.15, -0.1) is 6.58 Å². The molecule has 1 N–H and O–H groups in total. The van der Waals surface area contributed by atoms with Crippen LogP contribution in [0.4, 0.5) is 0 Å². The third-order valence-electron chi connectivity index (χ3n) is 2.34. The van der Waals surface area contributed by atoms with Crippen LogP contribution in [0.2, 0.25) is 0 Å². The Balaban J connectivity index is 2.89. The van der Waals surface area contributed by atoms with E-state index in [4.69, 9.17) is 0 Å². The van der Waals surface area contributed by atoms with Gasteiger partial charge in [0.1, 0.15) is 0 Å². The van der Waals surface area contributed by atoms with Crippen LogP contribution in [0.5, 0.6) is 0 Å². The third-order valence-corrected chi connectivity index (χ3v) is 3.73. The zero-order valence-corrected chi connectivity index (χ0v) is 12.5. The Kier molecular flexibility index (Phi) is 5.86. The van der Waals surface area contributed by atoms with E-state index in [9.17, 15) is 0 Å². The minimum Gasteiger partial charge on any atom is -0.313 e. The standard InChI is InChI=1S/C12H15BrIN/c1-3-4-5-12(15-2)10-8-9(14)6-7-11(10)13/h3,6-8,12,15H,1,4-5H2,2H3. The van der Waals surface area contributed by atoms with Crippen molar-refractivity contribution < 1.29 is 0 Å². The second kappa shape index (κ2) is 6.66. The van der Waals surface area contributed by atoms with Crippen molar-refractivity contribution in [1.29, 1.82) is 0 Å². The van der Waals surface area contributed by atoms with E-state index in [0.29, 0.717) is 6.04 Å². The first kappa shape index (κ1) is 13.2. The number of nitrogens with one attached hydrogen (secondary N) is 1. The Morgan fingerprint density at radius 2 is 2.33 bits per heavy atom. The average Bonchev–Trinajstić information content (AvgIpc) is 2.24. The van der Waals surface area contributed by atoms with Crippen LogP contribution in [-0.2, 0) is 0 Å². The van der Waals surface area contributed by atoms with Crippen LogP contribution in [0.15, 0.2) is 35.3 Å². The number of benzene rings is 1. The van der Waals surface area contributed by atoms with Gasteiger partial charge >= 0.3 is 0 Å². The summed E-state index contributed by atoms with van der Waals surface area (Å²) >= 11 is 5.94. The maximum Gasteiger partial charge on any atom is 0.0332 e. The topological polar surface area (TPSA) is 12.0 Å². The number of halogens is 2. The Hall–Kier alpha value is 0.130. The molecule has 1 aromatic rings. The normalized spacial score (nSPS) is 12.5. The minimum atomic E-state index is 0.395. The molecule has 1 atom stereocenters. The summed E-state index contributed by atoms with van der Waals surface area (Å²) in [6.07, 6.45) is 4.08. The highest BCUT2D eigenvalue weighted by Crippen LogP contribution is 2.28. The van der Waals surface area contributed by atoms with Crippen LogP contribution in [0.25, 0.3) is 0 Å². The van der Waals surface area contributed by atoms with E-state index in [1.165, 1.54) is 13.6 Å². The molecule has 82 valence electrons. The van der Waals surface area contributed by atoms with E-state index >= 15 is 0 Å². The molecule has 0 bridgehead atoms. The van der Waals surface area contributed by atoms with Gasteiger partial charge in [0.05, 0.1) is 0 Å². The third kappa shape index (κ3) is 3.89. The molecule has 1 unspecified atom stereocenters. The fourth-order valence-corrected chi connectivity index (χ4v) is 2.56. The molecule has 0 aliphatic rings. The lowest BCUT2D eigenvalue weighted by atomic mass is 10.0. The van der Waals surface area contributed by atoms with Gasteiger partial charge in [0.25, 0.3) is 0 Å². The van der Waals surface area contributed by atoms with Crippen LogP contribution >= 0.6 is 38.5 Å². The van der Waals surface area contributed by atoms with Crippen LogP contribution < -0.4 is 5.32 Å². The van der Waals surface area contributed by atoms with Crippen LogP contribution in [-0.4, -0.2) is 7.05 Å². The zero-order chi connectivity index (χ0) is 11.3. The second-order valence-electron chi connectivity index (χ2n) is 3.37. The molecule has 0 heterocycles. The summed E-state index contributed by atoms with van der Waals surface area (Å²) in [6.45, 7) is 3.76. The molecule has 0 amide bonds. The molecule has 0 saturated carbocycles. The Morgan fingerprint density at radius 1 is 1.60 bits per heavy atom. The highest BCUT2D eigenvalue weighted by Gasteiger charge is 2.11. The molecule has 0 aliphatic heterocycles. The van der Waals surface area contributed by atoms with Crippen LogP contribution in [0, 0.1) is 3.57 Å². The first-order chi connectivity index (χ1) is 7.19. The molecule has 1 rings (SSSR count). The van der Waals surface area contributed by atoms with Crippen molar-refractivity contribution in [2.24, 2.45) is 0 Å². The number of hydrogen-bond acceptors (Lipinski definition) is 1. The lowest BCUT2D eigenvalue weighted by Gasteiger charge is -2.17. The van der Waals surface area contributed by atoms with Gasteiger partial charge in [0.2, 0.25) is 0 Å². The lowest BCUT2D eigenvalue weighted by Crippen LogP contribution is -2.16. The van der Waals surface area contributed by atoms with Crippen molar-refractivity contribution in [1.82, 2.24) is 5.32 Å². The quantitative estimate of drug-likeness (QED) is 0.594. The first-order valence-electron chi connectivity index (χ1n) is 4.92. The maximum absolute atomic E-state index is 3.76. The zero-order valence-electron chi connectivity index (χ0n) is 8.76. The fourth-order valence-electron chi connectivity index (χ4n) is 1.52. The van der Waals surface area contributed by atoms with Crippen LogP contribution in [0.1, 0.15) is 24.4 Å². The van der Waals surface area contributed by atoms with Gasteiger partial charge in [-0.25, -0.2) is 0 Å². The van der Waals surface area contributed by atoms with Gasteiger partial charge in [-0.3, -0.25) is 0 Å². The Labute approximate surface area is 114 Å². The average molecular weight is 380 g/mol. The first-order valence-corrected chi connectivity index (χ1v) is 6.79. The summed E-state index contributed by atoms with van der Waals surface area (Å²) < 4.78 is 2.44. The van der Waals surface area contributed by atoms with Gasteiger partial charge in [-0.05, 0) is 66.2 Å². The summed E-state index contributed by atoms with van der Waals surface area (Å²) in [5, 5.41) is 3.34. The molecular weight excluding hydrogens is 365 g/mol. The van der Waals surface area contributed by atoms with Crippen molar-refractivity contribution in [3.63, 3.8) is 0 Å². The lowest BCUT2D eigenvalue weighted by molar-refractivity contribution is 0.552. The SMILES string of the molecule is C=CCCC(NC)c1cc(I)ccc1Br. The summed E-state index contributed by atoms with van der Waals surface area (Å²) in [6, 6.07) is 6.82. The van der Waals surface area contributed by atoms with Gasteiger partial charge in [-0.1, -0.05) is 22.0 Å². The van der Waals surface area contributed by atoms with Crippen molar-refractivity contribution in [2.75, 3.05) is 7.05 Å². The van der Waals surface area contributed by atoms with Crippen molar-refractivity contribution in [3.8, 4) is 0 Å². The smallest absolute Gasteiger partial charge is 0.0332 e. The number of rotatable bonds is 5. The largest absolute Gasteiger partial charge is 0.313 e. The van der Waals surface area contributed by atoms with Crippen molar-refractivity contribution in [2.45, 2.75) is 18.9 Å². The molecule has 0 aliphatic carbocycles. The van der Waals surface area contributed by atoms with Crippen molar-refractivity contribution in [3.05, 3.63) is 44.5 Å². The Bertz CT molecular complexity index is 338. The molecule has 3 heteroatoms. The van der Waals surface area contributed by atoms with E-state index in [1.807, 2.05) is 13.1 Å². The van der Waals surface area contributed by atoms with Gasteiger partial charge in [-0.2, -0.15) is 0 Å². The molecule has 1 nitrogen and oxygen atoms in total. The van der Waals surface area contributed by atoms with Gasteiger partial charge < -0.3 is 5.32 Å². The minimum absolute atomic E-state index is 0.395. The van der Waals surface area contributed by atoms with E-state index in [1.54, 1.807) is 0 Å². The predicted molar refractivity (Wildman–Crippen MR) is 78.1 cm³/mol. The summed E-state index contributed by atoms with van der Waals surface area (Å²) in [5.74, 6) is 0. The molecule has 0 radical (unpaired) electrons. The molecule has 0 aromatic heterocycles. The monoisotopic (exact) mass is 379 g/mol. The van der Waals surface area contributed by atoms with E-state index in [0.717, 1.165) is 12.8 Å². The highest BCUT2D eigenvalue weighted by molar-refractivity contribution is 14.1. The van der Waals surface area contributed by atoms with Gasteiger partial charge in [0, 0.05) is 14.1 Å². The summed E-state index contributed by atoms with van der Waals surface area (Å²) in [5.41, 5.74) is 1.33. The van der Waals surface area contributed by atoms with Crippen molar-refractivity contribution >= 4 is 38.5 Å². The van der Waals surface area contributed by atoms with E-state index in [2.05, 4.69) is 68.6 Å². The molecule has 0 saturated heterocycles. The fraction of sp³-hybridized carbons (Fsp3) is 0.333. The molecule has 0 fully saturated rings.